The molecule has 3 amide bonds. The Bertz CT molecular complexity index is 1170. The smallest absolute Gasteiger partial charge is 0.258 e. The van der Waals surface area contributed by atoms with E-state index in [9.17, 15) is 14.4 Å². The van der Waals surface area contributed by atoms with Crippen molar-refractivity contribution in [1.29, 1.82) is 0 Å². The molecule has 0 saturated heterocycles. The van der Waals surface area contributed by atoms with E-state index in [1.807, 2.05) is 0 Å². The van der Waals surface area contributed by atoms with Gasteiger partial charge in [0, 0.05) is 42.6 Å². The Morgan fingerprint density at radius 1 is 0.969 bits per heavy atom. The molecule has 2 aromatic heterocycles. The number of hydrogen-bond donors (Lipinski definition) is 2. The van der Waals surface area contributed by atoms with Gasteiger partial charge in [0.15, 0.2) is 0 Å². The molecule has 0 bridgehead atoms. The van der Waals surface area contributed by atoms with Crippen LogP contribution >= 0.6 is 11.3 Å². The van der Waals surface area contributed by atoms with Crippen LogP contribution in [0.25, 0.3) is 0 Å². The molecule has 0 aliphatic heterocycles. The molecule has 4 rings (SSSR count). The van der Waals surface area contributed by atoms with Crippen LogP contribution in [0.1, 0.15) is 54.4 Å². The van der Waals surface area contributed by atoms with E-state index in [2.05, 4.69) is 15.6 Å². The Balaban J connectivity index is 1.63. The van der Waals surface area contributed by atoms with Crippen molar-refractivity contribution in [3.63, 3.8) is 0 Å². The van der Waals surface area contributed by atoms with E-state index in [4.69, 9.17) is 0 Å². The third-order valence-corrected chi connectivity index (χ3v) is 6.53. The fraction of sp³-hybridized carbons (Fsp3) is 0.250. The molecule has 0 saturated carbocycles. The molecule has 32 heavy (non-hydrogen) atoms. The summed E-state index contributed by atoms with van der Waals surface area (Å²) >= 11 is 1.46. The van der Waals surface area contributed by atoms with E-state index in [1.165, 1.54) is 22.4 Å². The largest absolute Gasteiger partial charge is 0.345 e. The van der Waals surface area contributed by atoms with Crippen LogP contribution in [0, 0.1) is 0 Å². The number of carbonyl (C=O) groups is 3. The minimum absolute atomic E-state index is 0.140. The van der Waals surface area contributed by atoms with Gasteiger partial charge in [-0.2, -0.15) is 0 Å². The first-order valence-corrected chi connectivity index (χ1v) is 11.2. The molecule has 2 N–H and O–H groups in total. The van der Waals surface area contributed by atoms with Crippen LogP contribution in [0.3, 0.4) is 0 Å². The highest BCUT2D eigenvalue weighted by Crippen LogP contribution is 2.38. The van der Waals surface area contributed by atoms with Gasteiger partial charge in [0.1, 0.15) is 5.00 Å². The SMILES string of the molecule is CN(C)C(=O)c1cccc(NC(=O)c2c(NC(=O)c3cccnc3)sc3c2CCCC3)c1. The number of fused-ring (bicyclic) bond motifs is 1. The minimum Gasteiger partial charge on any atom is -0.345 e. The predicted octanol–water partition coefficient (Wildman–Crippen LogP) is 4.23. The highest BCUT2D eigenvalue weighted by atomic mass is 32.1. The van der Waals surface area contributed by atoms with E-state index in [1.54, 1.807) is 56.7 Å². The number of nitrogens with one attached hydrogen (secondary N) is 2. The van der Waals surface area contributed by atoms with Crippen LogP contribution in [-0.2, 0) is 12.8 Å². The van der Waals surface area contributed by atoms with Crippen molar-refractivity contribution in [2.75, 3.05) is 24.7 Å². The molecule has 3 aromatic rings. The number of pyridine rings is 1. The van der Waals surface area contributed by atoms with Crippen molar-refractivity contribution in [2.24, 2.45) is 0 Å². The topological polar surface area (TPSA) is 91.4 Å². The number of carbonyl (C=O) groups excluding carboxylic acids is 3. The number of nitrogens with zero attached hydrogens (tertiary/aromatic N) is 2. The van der Waals surface area contributed by atoms with Crippen LogP contribution in [0.2, 0.25) is 0 Å². The zero-order valence-electron chi connectivity index (χ0n) is 18.0. The summed E-state index contributed by atoms with van der Waals surface area (Å²) in [7, 11) is 3.37. The van der Waals surface area contributed by atoms with E-state index in [0.717, 1.165) is 36.1 Å². The number of aryl methyl sites for hydroxylation is 1. The average Bonchev–Trinajstić information content (AvgIpc) is 3.17. The quantitative estimate of drug-likeness (QED) is 0.611. The lowest BCUT2D eigenvalue weighted by atomic mass is 9.95. The summed E-state index contributed by atoms with van der Waals surface area (Å²) in [6.45, 7) is 0. The van der Waals surface area contributed by atoms with Crippen LogP contribution in [0.4, 0.5) is 10.7 Å². The Morgan fingerprint density at radius 3 is 2.50 bits per heavy atom. The standard InChI is InChI=1S/C24H24N4O3S/c1-28(2)24(31)15-7-5-9-17(13-15)26-22(30)20-18-10-3-4-11-19(18)32-23(20)27-21(29)16-8-6-12-25-14-16/h5-9,12-14H,3-4,10-11H2,1-2H3,(H,26,30)(H,27,29). The number of rotatable bonds is 5. The second kappa shape index (κ2) is 9.32. The van der Waals surface area contributed by atoms with Gasteiger partial charge in [0.2, 0.25) is 0 Å². The molecule has 0 unspecified atom stereocenters. The van der Waals surface area contributed by atoms with Crippen molar-refractivity contribution >= 4 is 39.7 Å². The third kappa shape index (κ3) is 4.55. The van der Waals surface area contributed by atoms with E-state index in [0.29, 0.717) is 27.4 Å². The molecule has 8 heteroatoms. The molecule has 0 spiro atoms. The summed E-state index contributed by atoms with van der Waals surface area (Å²) in [4.78, 5) is 45.0. The average molecular weight is 449 g/mol. The van der Waals surface area contributed by atoms with Crippen LogP contribution in [0.15, 0.2) is 48.8 Å². The van der Waals surface area contributed by atoms with Gasteiger partial charge in [-0.15, -0.1) is 11.3 Å². The van der Waals surface area contributed by atoms with Crippen molar-refractivity contribution in [3.05, 3.63) is 75.9 Å². The highest BCUT2D eigenvalue weighted by Gasteiger charge is 2.27. The van der Waals surface area contributed by atoms with Crippen LogP contribution in [0.5, 0.6) is 0 Å². The Morgan fingerprint density at radius 2 is 1.75 bits per heavy atom. The lowest BCUT2D eigenvalue weighted by molar-refractivity contribution is 0.0827. The lowest BCUT2D eigenvalue weighted by Gasteiger charge is -2.14. The molecule has 2 heterocycles. The summed E-state index contributed by atoms with van der Waals surface area (Å²) < 4.78 is 0. The number of aromatic nitrogens is 1. The van der Waals surface area contributed by atoms with E-state index < -0.39 is 0 Å². The molecule has 1 aliphatic rings. The Labute approximate surface area is 190 Å². The Hall–Kier alpha value is -3.52. The molecular formula is C24H24N4O3S. The van der Waals surface area contributed by atoms with Gasteiger partial charge in [0.25, 0.3) is 17.7 Å². The zero-order valence-corrected chi connectivity index (χ0v) is 18.8. The molecular weight excluding hydrogens is 424 g/mol. The van der Waals surface area contributed by atoms with Gasteiger partial charge in [-0.25, -0.2) is 0 Å². The molecule has 164 valence electrons. The number of anilines is 2. The fourth-order valence-corrected chi connectivity index (χ4v) is 5.03. The maximum atomic E-state index is 13.3. The molecule has 0 fully saturated rings. The number of amides is 3. The number of thiophene rings is 1. The van der Waals surface area contributed by atoms with Gasteiger partial charge in [-0.1, -0.05) is 6.07 Å². The van der Waals surface area contributed by atoms with Crippen molar-refractivity contribution < 1.29 is 14.4 Å². The Kier molecular flexibility index (Phi) is 6.32. The predicted molar refractivity (Wildman–Crippen MR) is 126 cm³/mol. The molecule has 7 nitrogen and oxygen atoms in total. The monoisotopic (exact) mass is 448 g/mol. The molecule has 0 atom stereocenters. The first kappa shape index (κ1) is 21.7. The maximum Gasteiger partial charge on any atom is 0.258 e. The lowest BCUT2D eigenvalue weighted by Crippen LogP contribution is -2.22. The zero-order chi connectivity index (χ0) is 22.7. The van der Waals surface area contributed by atoms with Crippen molar-refractivity contribution in [2.45, 2.75) is 25.7 Å². The molecule has 1 aliphatic carbocycles. The second-order valence-electron chi connectivity index (χ2n) is 7.85. The van der Waals surface area contributed by atoms with Crippen molar-refractivity contribution in [1.82, 2.24) is 9.88 Å². The summed E-state index contributed by atoms with van der Waals surface area (Å²) in [6.07, 6.45) is 6.88. The minimum atomic E-state index is -0.302. The second-order valence-corrected chi connectivity index (χ2v) is 8.95. The summed E-state index contributed by atoms with van der Waals surface area (Å²) in [5.41, 5.74) is 2.96. The van der Waals surface area contributed by atoms with Gasteiger partial charge >= 0.3 is 0 Å². The normalized spacial score (nSPS) is 12.6. The molecule has 1 aromatic carbocycles. The number of hydrogen-bond acceptors (Lipinski definition) is 5. The number of benzene rings is 1. The maximum absolute atomic E-state index is 13.3. The van der Waals surface area contributed by atoms with Gasteiger partial charge in [-0.3, -0.25) is 19.4 Å². The van der Waals surface area contributed by atoms with Gasteiger partial charge in [-0.05, 0) is 61.6 Å². The molecule has 0 radical (unpaired) electrons. The third-order valence-electron chi connectivity index (χ3n) is 5.32. The highest BCUT2D eigenvalue weighted by molar-refractivity contribution is 7.17. The van der Waals surface area contributed by atoms with E-state index >= 15 is 0 Å². The van der Waals surface area contributed by atoms with Crippen LogP contribution in [-0.4, -0.2) is 41.7 Å². The summed E-state index contributed by atoms with van der Waals surface area (Å²) in [5, 5.41) is 6.37. The summed E-state index contributed by atoms with van der Waals surface area (Å²) in [6, 6.07) is 10.2. The van der Waals surface area contributed by atoms with Crippen LogP contribution < -0.4 is 10.6 Å². The summed E-state index contributed by atoms with van der Waals surface area (Å²) in [5.74, 6) is -0.733. The van der Waals surface area contributed by atoms with Gasteiger partial charge < -0.3 is 15.5 Å². The van der Waals surface area contributed by atoms with Crippen molar-refractivity contribution in [3.8, 4) is 0 Å². The van der Waals surface area contributed by atoms with Gasteiger partial charge in [0.05, 0.1) is 11.1 Å². The first-order chi connectivity index (χ1) is 15.4. The first-order valence-electron chi connectivity index (χ1n) is 10.4. The van der Waals surface area contributed by atoms with E-state index in [-0.39, 0.29) is 17.7 Å². The fourth-order valence-electron chi connectivity index (χ4n) is 3.75.